The van der Waals surface area contributed by atoms with Crippen LogP contribution in [0.5, 0.6) is 0 Å². The average Bonchev–Trinajstić information content (AvgIpc) is 4.04. The number of rotatable bonds is 10. The van der Waals surface area contributed by atoms with Gasteiger partial charge in [-0.05, 0) is 95.1 Å². The molecule has 0 saturated carbocycles. The number of likely N-dealkylation sites (N-methyl/N-ethyl adjacent to an activating group) is 1. The maximum absolute atomic E-state index is 13.3. The Bertz CT molecular complexity index is 2180. The molecule has 0 bridgehead atoms. The van der Waals surface area contributed by atoms with E-state index in [2.05, 4.69) is 77.3 Å². The molecule has 2 aromatic carbocycles. The Balaban J connectivity index is -0.000000425. The minimum absolute atomic E-state index is 0. The van der Waals surface area contributed by atoms with Crippen LogP contribution in [0, 0.1) is 21.7 Å². The molecule has 33 heteroatoms. The number of hydroxylamine groups is 2. The number of likely N-dealkylation sites (tertiary alicyclic amines) is 1. The number of urea groups is 1. The molecule has 0 unspecified atom stereocenters. The van der Waals surface area contributed by atoms with Crippen LogP contribution in [0.4, 0.5) is 30.8 Å². The van der Waals surface area contributed by atoms with Crippen molar-refractivity contribution in [3.05, 3.63) is 78.5 Å². The number of carbonyl (C=O) groups excluding carboxylic acids is 3. The van der Waals surface area contributed by atoms with Gasteiger partial charge in [-0.1, -0.05) is 11.8 Å². The number of nitrogens with zero attached hydrogens (tertiary/aromatic N) is 9. The van der Waals surface area contributed by atoms with Gasteiger partial charge < -0.3 is 38.2 Å². The van der Waals surface area contributed by atoms with Crippen LogP contribution in [0.15, 0.2) is 69.6 Å². The zero-order valence-corrected chi connectivity index (χ0v) is 47.6. The molecule has 2 aliphatic heterocycles. The van der Waals surface area contributed by atoms with E-state index in [1.807, 2.05) is 5.48 Å². The maximum Gasteiger partial charge on any atom is 1.00 e. The van der Waals surface area contributed by atoms with Gasteiger partial charge in [0.15, 0.2) is 27.5 Å². The molecule has 0 aliphatic carbocycles. The van der Waals surface area contributed by atoms with Crippen LogP contribution in [0.25, 0.3) is 0 Å². The summed E-state index contributed by atoms with van der Waals surface area (Å²) in [5.74, 6) is -0.741. The second-order valence-electron chi connectivity index (χ2n) is 11.3. The van der Waals surface area contributed by atoms with Gasteiger partial charge in [0.05, 0.1) is 26.4 Å². The third-order valence-corrected chi connectivity index (χ3v) is 10.3. The van der Waals surface area contributed by atoms with Crippen molar-refractivity contribution in [3.63, 3.8) is 0 Å². The zero-order valence-electron chi connectivity index (χ0n) is 35.6. The fourth-order valence-corrected chi connectivity index (χ4v) is 6.67. The van der Waals surface area contributed by atoms with Gasteiger partial charge in [0.2, 0.25) is 5.91 Å². The average molecular weight is 1140 g/mol. The fourth-order valence-electron chi connectivity index (χ4n) is 4.53. The molecule has 0 radical (unpaired) electrons. The Morgan fingerprint density at radius 3 is 1.92 bits per heavy atom. The largest absolute Gasteiger partial charge is 1.00 e. The maximum atomic E-state index is 13.3. The fraction of sp³-hybridized carbons (Fsp3) is 0.300. The van der Waals surface area contributed by atoms with Gasteiger partial charge in [-0.15, -0.1) is 16.2 Å². The van der Waals surface area contributed by atoms with Crippen LogP contribution < -0.4 is 154 Å². The topological polar surface area (TPSA) is 312 Å². The Hall–Kier alpha value is -0.767. The first kappa shape index (κ1) is 64.3. The second kappa shape index (κ2) is 33.7. The number of aliphatic imine (C=N–C) groups is 2. The van der Waals surface area contributed by atoms with E-state index >= 15 is 0 Å². The van der Waals surface area contributed by atoms with Crippen LogP contribution in [-0.2, 0) is 14.5 Å². The molecule has 2 aromatic heterocycles. The van der Waals surface area contributed by atoms with Crippen molar-refractivity contribution in [3.8, 4) is 0 Å². The van der Waals surface area contributed by atoms with E-state index in [1.165, 1.54) is 42.1 Å². The number of alkyl halides is 1. The summed E-state index contributed by atoms with van der Waals surface area (Å²) in [5, 5.41) is 54.6. The van der Waals surface area contributed by atoms with Gasteiger partial charge in [0.1, 0.15) is 11.6 Å². The first-order valence-electron chi connectivity index (χ1n) is 16.0. The molecule has 63 heavy (non-hydrogen) atoms. The Morgan fingerprint density at radius 2 is 1.52 bits per heavy atom. The third-order valence-electron chi connectivity index (χ3n) is 7.67. The molecule has 3 amide bonds. The van der Waals surface area contributed by atoms with Crippen molar-refractivity contribution >= 4 is 116 Å². The van der Waals surface area contributed by atoms with Crippen LogP contribution in [0.3, 0.4) is 0 Å². The number of amides is 3. The van der Waals surface area contributed by atoms with E-state index in [-0.39, 0.29) is 211 Å². The van der Waals surface area contributed by atoms with Gasteiger partial charge in [-0.3, -0.25) is 25.5 Å². The summed E-state index contributed by atoms with van der Waals surface area (Å²) in [6.07, 6.45) is 1.32. The second-order valence-corrected chi connectivity index (χ2v) is 14.3. The number of aromatic nitrogens is 4. The molecule has 4 heterocycles. The summed E-state index contributed by atoms with van der Waals surface area (Å²) in [7, 11) is 3.52. The van der Waals surface area contributed by atoms with Crippen molar-refractivity contribution in [1.82, 2.24) is 46.7 Å². The third kappa shape index (κ3) is 20.2. The number of carbonyl (C=O) groups is 3. The van der Waals surface area contributed by atoms with Crippen molar-refractivity contribution < 1.29 is 193 Å². The van der Waals surface area contributed by atoms with E-state index in [1.54, 1.807) is 29.4 Å². The van der Waals surface area contributed by atoms with E-state index in [4.69, 9.17) is 31.5 Å². The Labute approximate surface area is 498 Å². The van der Waals surface area contributed by atoms with Gasteiger partial charge in [0.25, 0.3) is 12.2 Å². The van der Waals surface area contributed by atoms with Gasteiger partial charge in [0, 0.05) is 44.7 Å². The van der Waals surface area contributed by atoms with E-state index in [9.17, 15) is 33.7 Å². The number of benzene rings is 2. The van der Waals surface area contributed by atoms with Crippen LogP contribution in [0.2, 0.25) is 0 Å². The number of nitro groups is 1. The summed E-state index contributed by atoms with van der Waals surface area (Å²) >= 11 is 12.9. The molecule has 2 saturated heterocycles. The number of amidine groups is 2. The van der Waals surface area contributed by atoms with Crippen LogP contribution >= 0.6 is 68.7 Å². The number of thioether (sulfide) groups is 1. The van der Waals surface area contributed by atoms with Crippen molar-refractivity contribution in [2.75, 3.05) is 32.3 Å². The van der Waals surface area contributed by atoms with Gasteiger partial charge in [-0.2, -0.15) is 13.5 Å². The molecule has 330 valence electrons. The van der Waals surface area contributed by atoms with E-state index in [0.29, 0.717) is 35.3 Å². The minimum atomic E-state index is -0.848. The molecule has 6 rings (SSSR count). The summed E-state index contributed by atoms with van der Waals surface area (Å²) in [4.78, 5) is 54.8. The van der Waals surface area contributed by atoms with Crippen LogP contribution in [0.1, 0.15) is 27.1 Å². The number of hydrogen-bond donors (Lipinski definition) is 5. The zero-order chi connectivity index (χ0) is 43.6. The first-order valence-corrected chi connectivity index (χ1v) is 19.1. The smallest absolute Gasteiger partial charge is 1.00 e. The number of nitrogens with one attached hydrogen (secondary N) is 3. The van der Waals surface area contributed by atoms with Gasteiger partial charge >= 0.3 is 144 Å². The normalized spacial score (nSPS) is 15.1. The predicted octanol–water partition coefficient (Wildman–Crippen LogP) is -5.29. The molecule has 2 aliphatic rings. The minimum Gasteiger partial charge on any atom is -1.00 e. The van der Waals surface area contributed by atoms with Crippen molar-refractivity contribution in [2.45, 2.75) is 30.0 Å². The van der Waals surface area contributed by atoms with E-state index < -0.39 is 28.1 Å². The molecule has 2 atom stereocenters. The summed E-state index contributed by atoms with van der Waals surface area (Å²) in [6.45, 7) is 0.499. The quantitative estimate of drug-likeness (QED) is 0.0114. The summed E-state index contributed by atoms with van der Waals surface area (Å²) < 4.78 is 35.8. The van der Waals surface area contributed by atoms with Crippen molar-refractivity contribution in [1.29, 1.82) is 0 Å². The molecule has 2 fully saturated rings. The molecule has 0 spiro atoms. The molecule has 5 N–H and O–H groups in total. The number of hydrogen-bond acceptors (Lipinski definition) is 18. The standard InChI is InChI=1S/C15H15BrFN5O3S.C9H5BrFN5O4.C5H9ClN2O.CH2O3.2K.Na.H2S.2H/c1-22-9(3-5-12(22)23)7-26-15-13(20-25-21-15)14(19-24)18-8-2-4-11(17)10(16)6-8;10-5-3-4(1-2-6(5)11)12-8(13-17)7-9(16(18)19)15-20-14-7;1-8-4(2-6)3-7-5(8)9;2-1-4-3;;;;;;/h2,4,6,9,24H,3,5,7H2,1H3,(H,18,19);1-3,17H,(H,12,13);4H,2-3H2,1H3,(H,7,9);1,3H;;;;1H2;;/q;;;;3*+1;;2*-1/p-1/t9-;;4-;;;;;;;/m1.0......./s1. The molecular weight excluding hydrogens is 1100 g/mol. The summed E-state index contributed by atoms with van der Waals surface area (Å²) in [6, 6.07) is 8.17. The van der Waals surface area contributed by atoms with Crippen LogP contribution in [-0.4, -0.2) is 120 Å². The first-order chi connectivity index (χ1) is 28.2. The molecular formula is C30H34Br2ClF2K2N12NaO11S2. The number of halogens is 5. The Kier molecular flexibility index (Phi) is 34.4. The van der Waals surface area contributed by atoms with Gasteiger partial charge in [-0.25, -0.2) is 33.7 Å². The molecule has 4 aromatic rings. The SMILES string of the molecule is CN1C(=O)CC[C@@H]1CSc1nonc1C(=Nc1ccc(F)c(Br)c1)NO.CN1C(=O)NC[C@@H]1CCl.O=CO[O-].O=[N+]([O-])c1nonc1C(=Nc1ccc(F)c(Br)c1)NO.S.[H-].[H-].[K+].[K+].[Na+]. The van der Waals surface area contributed by atoms with E-state index in [0.717, 1.165) is 12.5 Å². The molecule has 23 nitrogen and oxygen atoms in total. The Morgan fingerprint density at radius 1 is 1.02 bits per heavy atom. The predicted molar refractivity (Wildman–Crippen MR) is 218 cm³/mol. The monoisotopic (exact) mass is 1130 g/mol. The summed E-state index contributed by atoms with van der Waals surface area (Å²) in [5.41, 5.74) is 4.08. The van der Waals surface area contributed by atoms with Crippen molar-refractivity contribution in [2.24, 2.45) is 9.98 Å².